The number of anilines is 1. The van der Waals surface area contributed by atoms with Crippen LogP contribution in [0, 0.1) is 0 Å². The number of thiol groups is 1. The zero-order chi connectivity index (χ0) is 20.4. The van der Waals surface area contributed by atoms with E-state index in [1.165, 1.54) is 0 Å². The van der Waals surface area contributed by atoms with Crippen molar-refractivity contribution in [2.24, 2.45) is 0 Å². The molecule has 0 bridgehead atoms. The van der Waals surface area contributed by atoms with Crippen molar-refractivity contribution in [3.8, 4) is 0 Å². The summed E-state index contributed by atoms with van der Waals surface area (Å²) in [6.45, 7) is 16.2. The Hall–Kier alpha value is -3.23. The minimum atomic E-state index is 0.820. The lowest BCUT2D eigenvalue weighted by Crippen LogP contribution is -1.99. The average Bonchev–Trinajstić information content (AvgIpc) is 2.73. The fourth-order valence-corrected chi connectivity index (χ4v) is 2.77. The maximum Gasteiger partial charge on any atom is 0.0457 e. The Labute approximate surface area is 173 Å². The van der Waals surface area contributed by atoms with Gasteiger partial charge in [0.2, 0.25) is 0 Å². The third kappa shape index (κ3) is 5.90. The van der Waals surface area contributed by atoms with Crippen LogP contribution in [0.2, 0.25) is 0 Å². The first-order chi connectivity index (χ1) is 13.6. The van der Waals surface area contributed by atoms with Crippen LogP contribution in [0.5, 0.6) is 0 Å². The number of rotatable bonds is 9. The monoisotopic (exact) mass is 383 g/mol. The lowest BCUT2D eigenvalue weighted by Gasteiger charge is -2.12. The van der Waals surface area contributed by atoms with Gasteiger partial charge in [0, 0.05) is 11.4 Å². The van der Waals surface area contributed by atoms with Gasteiger partial charge in [-0.25, -0.2) is 0 Å². The standard InChI is InChI=1S/C26H25NS/c1-5-22-12-10-11-15-26(22)27-25(6-2)19-21(4)24(16-17-28)18-20(3)23-13-8-7-9-14-23/h5-19,27-28H,1-4H2/b17-16-,24-18+,25-19+. The molecule has 0 radical (unpaired) electrons. The van der Waals surface area contributed by atoms with E-state index in [1.807, 2.05) is 78.9 Å². The van der Waals surface area contributed by atoms with Gasteiger partial charge in [-0.3, -0.25) is 0 Å². The average molecular weight is 384 g/mol. The highest BCUT2D eigenvalue weighted by Gasteiger charge is 2.04. The zero-order valence-electron chi connectivity index (χ0n) is 15.9. The lowest BCUT2D eigenvalue weighted by molar-refractivity contribution is 1.43. The van der Waals surface area contributed by atoms with Gasteiger partial charge in [0.05, 0.1) is 0 Å². The van der Waals surface area contributed by atoms with Gasteiger partial charge < -0.3 is 5.32 Å². The van der Waals surface area contributed by atoms with Crippen LogP contribution in [-0.2, 0) is 0 Å². The minimum Gasteiger partial charge on any atom is -0.355 e. The molecule has 0 saturated carbocycles. The second-order valence-electron chi connectivity index (χ2n) is 6.05. The first kappa shape index (κ1) is 21.1. The molecule has 2 heteroatoms. The highest BCUT2D eigenvalue weighted by atomic mass is 32.1. The van der Waals surface area contributed by atoms with Crippen molar-refractivity contribution in [3.63, 3.8) is 0 Å². The Balaban J connectivity index is 2.30. The van der Waals surface area contributed by atoms with E-state index in [-0.39, 0.29) is 0 Å². The van der Waals surface area contributed by atoms with Gasteiger partial charge in [-0.1, -0.05) is 80.9 Å². The van der Waals surface area contributed by atoms with E-state index in [2.05, 4.69) is 44.3 Å². The molecular formula is C26H25NS. The summed E-state index contributed by atoms with van der Waals surface area (Å²) < 4.78 is 0. The molecule has 0 spiro atoms. The number of nitrogens with one attached hydrogen (secondary N) is 1. The van der Waals surface area contributed by atoms with E-state index >= 15 is 0 Å². The molecule has 140 valence electrons. The minimum absolute atomic E-state index is 0.820. The smallest absolute Gasteiger partial charge is 0.0457 e. The first-order valence-corrected chi connectivity index (χ1v) is 9.39. The van der Waals surface area contributed by atoms with E-state index in [4.69, 9.17) is 0 Å². The third-order valence-corrected chi connectivity index (χ3v) is 4.26. The third-order valence-electron chi connectivity index (χ3n) is 4.11. The van der Waals surface area contributed by atoms with Crippen LogP contribution in [0.25, 0.3) is 11.6 Å². The van der Waals surface area contributed by atoms with E-state index in [1.54, 1.807) is 11.5 Å². The van der Waals surface area contributed by atoms with E-state index < -0.39 is 0 Å². The predicted molar refractivity (Wildman–Crippen MR) is 129 cm³/mol. The van der Waals surface area contributed by atoms with Gasteiger partial charge in [-0.2, -0.15) is 12.6 Å². The summed E-state index contributed by atoms with van der Waals surface area (Å²) in [5.41, 5.74) is 6.52. The summed E-state index contributed by atoms with van der Waals surface area (Å²) >= 11 is 4.22. The van der Waals surface area contributed by atoms with E-state index in [9.17, 15) is 0 Å². The highest BCUT2D eigenvalue weighted by molar-refractivity contribution is 7.83. The summed E-state index contributed by atoms with van der Waals surface area (Å²) in [7, 11) is 0. The topological polar surface area (TPSA) is 12.0 Å². The second kappa shape index (κ2) is 10.8. The molecule has 0 aliphatic rings. The van der Waals surface area contributed by atoms with Crippen LogP contribution in [-0.4, -0.2) is 0 Å². The maximum atomic E-state index is 4.22. The Morgan fingerprint density at radius 3 is 2.21 bits per heavy atom. The SMILES string of the molecule is C=C/C(=C\C(=C)C(/C=C\S)=C/C(=C)c1ccccc1)Nc1ccccc1C=C. The van der Waals surface area contributed by atoms with Crippen molar-refractivity contribution in [1.82, 2.24) is 0 Å². The Morgan fingerprint density at radius 1 is 0.893 bits per heavy atom. The fraction of sp³-hybridized carbons (Fsp3) is 0. The van der Waals surface area contributed by atoms with Crippen molar-refractivity contribution in [2.45, 2.75) is 0 Å². The summed E-state index contributed by atoms with van der Waals surface area (Å²) in [5, 5.41) is 5.07. The molecule has 2 rings (SSSR count). The molecule has 0 amide bonds. The largest absolute Gasteiger partial charge is 0.355 e. The summed E-state index contributed by atoms with van der Waals surface area (Å²) in [5.74, 6) is 0. The van der Waals surface area contributed by atoms with Crippen LogP contribution in [0.4, 0.5) is 5.69 Å². The molecule has 0 atom stereocenters. The lowest BCUT2D eigenvalue weighted by atomic mass is 10.00. The van der Waals surface area contributed by atoms with Crippen LogP contribution in [0.15, 0.2) is 127 Å². The van der Waals surface area contributed by atoms with Gasteiger partial charge in [0.1, 0.15) is 0 Å². The van der Waals surface area contributed by atoms with Gasteiger partial charge >= 0.3 is 0 Å². The summed E-state index contributed by atoms with van der Waals surface area (Å²) in [4.78, 5) is 0. The molecule has 0 fully saturated rings. The number of hydrogen-bond donors (Lipinski definition) is 2. The molecule has 2 aromatic carbocycles. The van der Waals surface area contributed by atoms with Crippen molar-refractivity contribution in [1.29, 1.82) is 0 Å². The molecule has 1 nitrogen and oxygen atoms in total. The number of para-hydroxylation sites is 1. The van der Waals surface area contributed by atoms with Gasteiger partial charge in [0.15, 0.2) is 0 Å². The second-order valence-corrected chi connectivity index (χ2v) is 6.35. The molecule has 0 unspecified atom stereocenters. The molecule has 0 aliphatic heterocycles. The predicted octanol–water partition coefficient (Wildman–Crippen LogP) is 7.45. The Kier molecular flexibility index (Phi) is 8.13. The van der Waals surface area contributed by atoms with Crippen molar-refractivity contribution in [3.05, 3.63) is 139 Å². The van der Waals surface area contributed by atoms with E-state index in [0.717, 1.165) is 39.2 Å². The quantitative estimate of drug-likeness (QED) is 0.338. The van der Waals surface area contributed by atoms with Crippen LogP contribution in [0.1, 0.15) is 11.1 Å². The summed E-state index contributed by atoms with van der Waals surface area (Å²) in [6.07, 6.45) is 9.42. The molecule has 0 aliphatic carbocycles. The van der Waals surface area contributed by atoms with Gasteiger partial charge in [-0.15, -0.1) is 0 Å². The maximum absolute atomic E-state index is 4.22. The number of allylic oxidation sites excluding steroid dienone is 7. The summed E-state index contributed by atoms with van der Waals surface area (Å²) in [6, 6.07) is 18.0. The molecule has 0 heterocycles. The van der Waals surface area contributed by atoms with Crippen molar-refractivity contribution < 1.29 is 0 Å². The first-order valence-electron chi connectivity index (χ1n) is 8.87. The van der Waals surface area contributed by atoms with Crippen LogP contribution in [0.3, 0.4) is 0 Å². The van der Waals surface area contributed by atoms with Gasteiger partial charge in [0.25, 0.3) is 0 Å². The molecule has 1 N–H and O–H groups in total. The number of benzene rings is 2. The number of hydrogen-bond acceptors (Lipinski definition) is 2. The van der Waals surface area contributed by atoms with Crippen LogP contribution < -0.4 is 5.32 Å². The Bertz CT molecular complexity index is 959. The van der Waals surface area contributed by atoms with Crippen molar-refractivity contribution >= 4 is 30.0 Å². The highest BCUT2D eigenvalue weighted by Crippen LogP contribution is 2.23. The zero-order valence-corrected chi connectivity index (χ0v) is 16.8. The Morgan fingerprint density at radius 2 is 1.57 bits per heavy atom. The molecule has 28 heavy (non-hydrogen) atoms. The molecule has 0 saturated heterocycles. The molecule has 0 aromatic heterocycles. The molecular weight excluding hydrogens is 358 g/mol. The normalized spacial score (nSPS) is 11.9. The van der Waals surface area contributed by atoms with E-state index in [0.29, 0.717) is 0 Å². The molecule has 2 aromatic rings. The van der Waals surface area contributed by atoms with Crippen LogP contribution >= 0.6 is 12.6 Å². The van der Waals surface area contributed by atoms with Crippen molar-refractivity contribution in [2.75, 3.05) is 5.32 Å². The van der Waals surface area contributed by atoms with Gasteiger partial charge in [-0.05, 0) is 63.6 Å². The fourth-order valence-electron chi connectivity index (χ4n) is 2.61.